The quantitative estimate of drug-likeness (QED) is 0.518. The van der Waals surface area contributed by atoms with Crippen molar-refractivity contribution in [2.75, 3.05) is 11.5 Å². The molecule has 0 atom stereocenters. The van der Waals surface area contributed by atoms with Crippen molar-refractivity contribution in [1.29, 1.82) is 0 Å². The van der Waals surface area contributed by atoms with Gasteiger partial charge in [-0.3, -0.25) is 13.8 Å². The third-order valence-electron chi connectivity index (χ3n) is 1.09. The summed E-state index contributed by atoms with van der Waals surface area (Å²) in [5, 5.41) is 16.4. The second-order valence-electron chi connectivity index (χ2n) is 2.14. The number of rotatable bonds is 6. The van der Waals surface area contributed by atoms with Crippen molar-refractivity contribution in [3.63, 3.8) is 0 Å². The first-order chi connectivity index (χ1) is 5.52. The van der Waals surface area contributed by atoms with Crippen LogP contribution in [-0.4, -0.2) is 37.9 Å². The van der Waals surface area contributed by atoms with Crippen molar-refractivity contribution < 1.29 is 24.0 Å². The number of carbonyl (C=O) groups is 2. The van der Waals surface area contributed by atoms with Crippen LogP contribution >= 0.6 is 0 Å². The number of hydrogen-bond acceptors (Lipinski definition) is 3. The standard InChI is InChI=1S/C6H10O5S.2H3N/c7-5(8)1-3-12(11)4-2-6(9)10;;/h1-4H2,(H,7,8)(H,9,10);2*1H3/p+2. The number of carboxylic acid groups (broad SMARTS) is 2. The summed E-state index contributed by atoms with van der Waals surface area (Å²) in [4.78, 5) is 20.0. The summed E-state index contributed by atoms with van der Waals surface area (Å²) in [5.41, 5.74) is 0. The third-order valence-corrected chi connectivity index (χ3v) is 2.41. The molecule has 0 aliphatic heterocycles. The zero-order valence-electron chi connectivity index (χ0n) is 8.36. The van der Waals surface area contributed by atoms with Crippen LogP contribution in [0.2, 0.25) is 0 Å². The van der Waals surface area contributed by atoms with Gasteiger partial charge in [-0.2, -0.15) is 0 Å². The van der Waals surface area contributed by atoms with Gasteiger partial charge in [-0.25, -0.2) is 0 Å². The number of hydrogen-bond donors (Lipinski definition) is 4. The highest BCUT2D eigenvalue weighted by molar-refractivity contribution is 7.85. The van der Waals surface area contributed by atoms with E-state index in [1.165, 1.54) is 0 Å². The molecule has 0 aromatic heterocycles. The molecule has 86 valence electrons. The summed E-state index contributed by atoms with van der Waals surface area (Å²) in [6, 6.07) is 0. The number of quaternary nitrogens is 2. The maximum atomic E-state index is 10.8. The smallest absolute Gasteiger partial charge is 0.304 e. The molecule has 0 heterocycles. The van der Waals surface area contributed by atoms with Gasteiger partial charge >= 0.3 is 11.9 Å². The van der Waals surface area contributed by atoms with Crippen LogP contribution in [0.3, 0.4) is 0 Å². The topological polar surface area (TPSA) is 165 Å². The van der Waals surface area contributed by atoms with Gasteiger partial charge in [0.2, 0.25) is 0 Å². The molecule has 14 heavy (non-hydrogen) atoms. The average molecular weight is 230 g/mol. The maximum absolute atomic E-state index is 10.8. The van der Waals surface area contributed by atoms with E-state index in [2.05, 4.69) is 0 Å². The van der Waals surface area contributed by atoms with Crippen LogP contribution in [0.1, 0.15) is 12.8 Å². The minimum absolute atomic E-state index is 0. The zero-order valence-corrected chi connectivity index (χ0v) is 9.17. The van der Waals surface area contributed by atoms with Gasteiger partial charge in [0.1, 0.15) is 0 Å². The van der Waals surface area contributed by atoms with E-state index in [1.807, 2.05) is 0 Å². The molecule has 7 nitrogen and oxygen atoms in total. The van der Waals surface area contributed by atoms with Gasteiger partial charge in [0.05, 0.1) is 12.8 Å². The second-order valence-corrected chi connectivity index (χ2v) is 3.83. The molecular formula is C6H18N2O5S+2. The van der Waals surface area contributed by atoms with E-state index in [-0.39, 0.29) is 36.6 Å². The minimum atomic E-state index is -1.32. The molecular weight excluding hydrogens is 212 g/mol. The summed E-state index contributed by atoms with van der Waals surface area (Å²) in [6.07, 6.45) is -0.349. The summed E-state index contributed by atoms with van der Waals surface area (Å²) in [6.45, 7) is 0. The largest absolute Gasteiger partial charge is 0.481 e. The van der Waals surface area contributed by atoms with Crippen molar-refractivity contribution in [2.45, 2.75) is 12.8 Å². The fourth-order valence-electron chi connectivity index (χ4n) is 0.504. The molecule has 0 aliphatic rings. The molecule has 0 bridgehead atoms. The first-order valence-corrected chi connectivity index (χ1v) is 4.79. The Labute approximate surface area is 84.1 Å². The fraction of sp³-hybridized carbons (Fsp3) is 0.667. The molecule has 0 aromatic rings. The Hall–Kier alpha value is -0.990. The summed E-state index contributed by atoms with van der Waals surface area (Å²) < 4.78 is 10.8. The van der Waals surface area contributed by atoms with Crippen molar-refractivity contribution in [1.82, 2.24) is 12.3 Å². The van der Waals surface area contributed by atoms with Crippen LogP contribution in [0.5, 0.6) is 0 Å². The van der Waals surface area contributed by atoms with Crippen LogP contribution in [0, 0.1) is 0 Å². The molecule has 0 fully saturated rings. The van der Waals surface area contributed by atoms with Gasteiger partial charge in [-0.1, -0.05) is 0 Å². The van der Waals surface area contributed by atoms with Crippen LogP contribution in [0.15, 0.2) is 0 Å². The number of aliphatic carboxylic acids is 2. The van der Waals surface area contributed by atoms with Gasteiger partial charge in [0.15, 0.2) is 0 Å². The predicted molar refractivity (Wildman–Crippen MR) is 54.4 cm³/mol. The van der Waals surface area contributed by atoms with Gasteiger partial charge in [-0.15, -0.1) is 0 Å². The van der Waals surface area contributed by atoms with E-state index < -0.39 is 22.7 Å². The maximum Gasteiger partial charge on any atom is 0.304 e. The van der Waals surface area contributed by atoms with Crippen molar-refractivity contribution in [3.05, 3.63) is 0 Å². The molecule has 0 saturated carbocycles. The van der Waals surface area contributed by atoms with E-state index >= 15 is 0 Å². The Bertz CT molecular complexity index is 188. The normalized spacial score (nSPS) is 8.64. The Balaban J connectivity index is -0.000000605. The molecule has 0 aromatic carbocycles. The SMILES string of the molecule is O=C(O)CCS(=O)CCC(=O)O.[NH4+].[NH4+]. The Morgan fingerprint density at radius 1 is 0.929 bits per heavy atom. The van der Waals surface area contributed by atoms with Crippen LogP contribution in [0.25, 0.3) is 0 Å². The number of carboxylic acids is 2. The van der Waals surface area contributed by atoms with E-state index in [0.29, 0.717) is 0 Å². The molecule has 8 heteroatoms. The zero-order chi connectivity index (χ0) is 9.56. The molecule has 0 rings (SSSR count). The Morgan fingerprint density at radius 3 is 1.43 bits per heavy atom. The lowest BCUT2D eigenvalue weighted by Gasteiger charge is -1.96. The molecule has 10 N–H and O–H groups in total. The Kier molecular flexibility index (Phi) is 13.5. The summed E-state index contributed by atoms with van der Waals surface area (Å²) in [5.74, 6) is -1.97. The van der Waals surface area contributed by atoms with Crippen LogP contribution in [0.4, 0.5) is 0 Å². The summed E-state index contributed by atoms with van der Waals surface area (Å²) in [7, 11) is -1.32. The van der Waals surface area contributed by atoms with E-state index in [9.17, 15) is 13.8 Å². The lowest BCUT2D eigenvalue weighted by atomic mass is 10.5. The molecule has 0 spiro atoms. The molecule has 0 aliphatic carbocycles. The highest BCUT2D eigenvalue weighted by atomic mass is 32.2. The monoisotopic (exact) mass is 230 g/mol. The predicted octanol–water partition coefficient (Wildman–Crippen LogP) is 0.437. The van der Waals surface area contributed by atoms with Gasteiger partial charge in [0, 0.05) is 22.3 Å². The Morgan fingerprint density at radius 2 is 1.21 bits per heavy atom. The van der Waals surface area contributed by atoms with E-state index in [1.54, 1.807) is 0 Å². The van der Waals surface area contributed by atoms with Gasteiger partial charge < -0.3 is 22.5 Å². The molecule has 0 saturated heterocycles. The molecule has 0 amide bonds. The average Bonchev–Trinajstić information content (AvgIpc) is 1.96. The highest BCUT2D eigenvalue weighted by Gasteiger charge is 2.05. The van der Waals surface area contributed by atoms with E-state index in [4.69, 9.17) is 10.2 Å². The lowest BCUT2D eigenvalue weighted by Crippen LogP contribution is -2.10. The first kappa shape index (κ1) is 18.7. The first-order valence-electron chi connectivity index (χ1n) is 3.31. The summed E-state index contributed by atoms with van der Waals surface area (Å²) >= 11 is 0. The highest BCUT2D eigenvalue weighted by Crippen LogP contribution is 1.91. The van der Waals surface area contributed by atoms with Gasteiger partial charge in [0.25, 0.3) is 0 Å². The van der Waals surface area contributed by atoms with Crippen molar-refractivity contribution in [3.8, 4) is 0 Å². The minimum Gasteiger partial charge on any atom is -0.481 e. The third kappa shape index (κ3) is 13.6. The van der Waals surface area contributed by atoms with Crippen LogP contribution < -0.4 is 12.3 Å². The van der Waals surface area contributed by atoms with Gasteiger partial charge in [-0.05, 0) is 0 Å². The second kappa shape index (κ2) is 10.1. The van der Waals surface area contributed by atoms with Crippen molar-refractivity contribution in [2.24, 2.45) is 0 Å². The van der Waals surface area contributed by atoms with Crippen LogP contribution in [-0.2, 0) is 20.4 Å². The molecule has 0 radical (unpaired) electrons. The lowest BCUT2D eigenvalue weighted by molar-refractivity contribution is -0.137. The van der Waals surface area contributed by atoms with Crippen molar-refractivity contribution >= 4 is 22.7 Å². The van der Waals surface area contributed by atoms with E-state index in [0.717, 1.165) is 0 Å². The fourth-order valence-corrected chi connectivity index (χ4v) is 1.51. The molecule has 0 unspecified atom stereocenters.